The Kier molecular flexibility index (Phi) is 2.77. The summed E-state index contributed by atoms with van der Waals surface area (Å²) in [6.45, 7) is 3.37. The Morgan fingerprint density at radius 2 is 2.45 bits per heavy atom. The first-order valence-electron chi connectivity index (χ1n) is 3.53. The molecule has 62 valence electrons. The van der Waals surface area contributed by atoms with Gasteiger partial charge >= 0.3 is 0 Å². The molecule has 0 saturated carbocycles. The van der Waals surface area contributed by atoms with E-state index < -0.39 is 5.54 Å². The predicted molar refractivity (Wildman–Crippen MR) is 45.3 cm³/mol. The van der Waals surface area contributed by atoms with Gasteiger partial charge in [0.2, 0.25) is 0 Å². The van der Waals surface area contributed by atoms with Crippen molar-refractivity contribution in [2.75, 3.05) is 19.0 Å². The van der Waals surface area contributed by atoms with Gasteiger partial charge in [-0.2, -0.15) is 17.0 Å². The zero-order chi connectivity index (χ0) is 8.32. The highest BCUT2D eigenvalue weighted by molar-refractivity contribution is 8.00. The molecule has 1 aliphatic heterocycles. The topological polar surface area (TPSA) is 59.0 Å². The van der Waals surface area contributed by atoms with Crippen LogP contribution in [0.3, 0.4) is 0 Å². The first-order valence-corrected chi connectivity index (χ1v) is 4.58. The van der Waals surface area contributed by atoms with Gasteiger partial charge in [-0.3, -0.25) is 0 Å². The fourth-order valence-electron chi connectivity index (χ4n) is 0.634. The molecule has 0 aromatic heterocycles. The van der Waals surface area contributed by atoms with Crippen LogP contribution in [0.25, 0.3) is 0 Å². The maximum atomic E-state index is 8.58. The zero-order valence-corrected chi connectivity index (χ0v) is 7.36. The fourth-order valence-corrected chi connectivity index (χ4v) is 1.66. The summed E-state index contributed by atoms with van der Waals surface area (Å²) in [6.07, 6.45) is 0. The lowest BCUT2D eigenvalue weighted by molar-refractivity contribution is 0.0455. The Bertz CT molecular complexity index is 172. The molecule has 4 heteroatoms. The Balaban J connectivity index is 2.16. The summed E-state index contributed by atoms with van der Waals surface area (Å²) in [5.74, 6) is 0.692. The van der Waals surface area contributed by atoms with Gasteiger partial charge in [0.15, 0.2) is 0 Å². The van der Waals surface area contributed by atoms with Crippen LogP contribution >= 0.6 is 11.8 Å². The van der Waals surface area contributed by atoms with Crippen molar-refractivity contribution in [2.24, 2.45) is 5.73 Å². The molecule has 0 amide bonds. The Morgan fingerprint density at radius 1 is 1.82 bits per heavy atom. The summed E-state index contributed by atoms with van der Waals surface area (Å²) in [5, 5.41) is 9.14. The van der Waals surface area contributed by atoms with Crippen LogP contribution < -0.4 is 5.73 Å². The van der Waals surface area contributed by atoms with Gasteiger partial charge in [-0.05, 0) is 6.92 Å². The van der Waals surface area contributed by atoms with E-state index in [-0.39, 0.29) is 0 Å². The van der Waals surface area contributed by atoms with Crippen LogP contribution in [0.1, 0.15) is 6.92 Å². The van der Waals surface area contributed by atoms with Crippen LogP contribution in [0.5, 0.6) is 0 Å². The highest BCUT2D eigenvalue weighted by atomic mass is 32.2. The van der Waals surface area contributed by atoms with Crippen molar-refractivity contribution >= 4 is 11.8 Å². The average Bonchev–Trinajstić information content (AvgIpc) is 1.84. The number of nitriles is 1. The van der Waals surface area contributed by atoms with E-state index in [4.69, 9.17) is 15.7 Å². The second-order valence-electron chi connectivity index (χ2n) is 3.00. The summed E-state index contributed by atoms with van der Waals surface area (Å²) in [4.78, 5) is 0. The maximum absolute atomic E-state index is 8.58. The van der Waals surface area contributed by atoms with Gasteiger partial charge in [0.1, 0.15) is 5.54 Å². The van der Waals surface area contributed by atoms with Crippen molar-refractivity contribution < 1.29 is 4.74 Å². The van der Waals surface area contributed by atoms with Gasteiger partial charge in [0.25, 0.3) is 0 Å². The molecular formula is C7H12N2OS. The molecule has 0 aromatic carbocycles. The number of thioether (sulfide) groups is 1. The largest absolute Gasteiger partial charge is 0.379 e. The molecule has 0 radical (unpaired) electrons. The van der Waals surface area contributed by atoms with E-state index in [0.29, 0.717) is 11.0 Å². The molecule has 1 rings (SSSR count). The normalized spacial score (nSPS) is 23.4. The van der Waals surface area contributed by atoms with Gasteiger partial charge in [-0.15, -0.1) is 0 Å². The van der Waals surface area contributed by atoms with Crippen LogP contribution in [0, 0.1) is 11.3 Å². The monoisotopic (exact) mass is 172 g/mol. The van der Waals surface area contributed by atoms with Crippen molar-refractivity contribution in [3.05, 3.63) is 0 Å². The highest BCUT2D eigenvalue weighted by Crippen LogP contribution is 2.21. The predicted octanol–water partition coefficient (Wildman–Crippen LogP) is 0.359. The molecule has 11 heavy (non-hydrogen) atoms. The van der Waals surface area contributed by atoms with E-state index in [1.807, 2.05) is 0 Å². The summed E-state index contributed by atoms with van der Waals surface area (Å²) in [7, 11) is 0. The maximum Gasteiger partial charge on any atom is 0.110 e. The lowest BCUT2D eigenvalue weighted by Gasteiger charge is -2.27. The third-order valence-corrected chi connectivity index (χ3v) is 2.99. The molecule has 2 N–H and O–H groups in total. The van der Waals surface area contributed by atoms with Gasteiger partial charge in [-0.1, -0.05) is 0 Å². The number of nitrogens with zero attached hydrogens (tertiary/aromatic N) is 1. The van der Waals surface area contributed by atoms with Crippen molar-refractivity contribution in [2.45, 2.75) is 17.7 Å². The minimum absolute atomic E-state index is 0.561. The van der Waals surface area contributed by atoms with E-state index in [1.165, 1.54) is 0 Å². The molecule has 1 fully saturated rings. The SMILES string of the molecule is CC(N)(C#N)CSC1COC1. The minimum atomic E-state index is -0.680. The molecule has 1 saturated heterocycles. The standard InChI is InChI=1S/C7H12N2OS/c1-7(9,4-8)5-11-6-2-10-3-6/h6H,2-3,5,9H2,1H3. The van der Waals surface area contributed by atoms with E-state index in [9.17, 15) is 0 Å². The molecule has 1 heterocycles. The summed E-state index contributed by atoms with van der Waals surface area (Å²) < 4.78 is 4.99. The smallest absolute Gasteiger partial charge is 0.110 e. The van der Waals surface area contributed by atoms with E-state index >= 15 is 0 Å². The Morgan fingerprint density at radius 3 is 2.82 bits per heavy atom. The van der Waals surface area contributed by atoms with Crippen LogP contribution in [0.2, 0.25) is 0 Å². The van der Waals surface area contributed by atoms with Crippen molar-refractivity contribution in [3.8, 4) is 6.07 Å². The molecule has 0 spiro atoms. The van der Waals surface area contributed by atoms with Crippen LogP contribution in [-0.2, 0) is 4.74 Å². The third kappa shape index (κ3) is 2.70. The number of ether oxygens (including phenoxy) is 1. The average molecular weight is 172 g/mol. The van der Waals surface area contributed by atoms with Gasteiger partial charge in [0.05, 0.1) is 24.5 Å². The second kappa shape index (κ2) is 3.44. The lowest BCUT2D eigenvalue weighted by atomic mass is 10.1. The number of hydrogen-bond acceptors (Lipinski definition) is 4. The number of rotatable bonds is 3. The lowest BCUT2D eigenvalue weighted by Crippen LogP contribution is -2.40. The number of hydrogen-bond donors (Lipinski definition) is 1. The van der Waals surface area contributed by atoms with E-state index in [0.717, 1.165) is 13.2 Å². The quantitative estimate of drug-likeness (QED) is 0.667. The molecule has 0 bridgehead atoms. The molecular weight excluding hydrogens is 160 g/mol. The van der Waals surface area contributed by atoms with Crippen LogP contribution in [-0.4, -0.2) is 29.8 Å². The zero-order valence-electron chi connectivity index (χ0n) is 6.54. The van der Waals surface area contributed by atoms with Crippen molar-refractivity contribution in [3.63, 3.8) is 0 Å². The number of nitrogens with two attached hydrogens (primary N) is 1. The van der Waals surface area contributed by atoms with Gasteiger partial charge in [0, 0.05) is 5.75 Å². The first kappa shape index (κ1) is 8.85. The second-order valence-corrected chi connectivity index (χ2v) is 4.29. The van der Waals surface area contributed by atoms with Crippen LogP contribution in [0.4, 0.5) is 0 Å². The van der Waals surface area contributed by atoms with E-state index in [2.05, 4.69) is 6.07 Å². The Labute approximate surface area is 70.9 Å². The summed E-state index contributed by atoms with van der Waals surface area (Å²) in [6, 6.07) is 2.06. The molecule has 1 aliphatic rings. The molecule has 1 atom stereocenters. The fraction of sp³-hybridized carbons (Fsp3) is 0.857. The molecule has 1 unspecified atom stereocenters. The van der Waals surface area contributed by atoms with Gasteiger partial charge in [-0.25, -0.2) is 0 Å². The van der Waals surface area contributed by atoms with Crippen molar-refractivity contribution in [1.29, 1.82) is 5.26 Å². The molecule has 3 nitrogen and oxygen atoms in total. The summed E-state index contributed by atoms with van der Waals surface area (Å²) in [5.41, 5.74) is 4.94. The molecule has 0 aromatic rings. The van der Waals surface area contributed by atoms with Crippen molar-refractivity contribution in [1.82, 2.24) is 0 Å². The molecule has 0 aliphatic carbocycles. The third-order valence-electron chi connectivity index (χ3n) is 1.48. The van der Waals surface area contributed by atoms with E-state index in [1.54, 1.807) is 18.7 Å². The summed E-state index contributed by atoms with van der Waals surface area (Å²) >= 11 is 1.72. The van der Waals surface area contributed by atoms with Crippen LogP contribution in [0.15, 0.2) is 0 Å². The Hall–Kier alpha value is -0.240. The first-order chi connectivity index (χ1) is 5.14. The minimum Gasteiger partial charge on any atom is -0.379 e. The van der Waals surface area contributed by atoms with Gasteiger partial charge < -0.3 is 10.5 Å². The highest BCUT2D eigenvalue weighted by Gasteiger charge is 2.24.